The fraction of sp³-hybridized carbons (Fsp3) is 0.550. The normalized spacial score (nSPS) is 15.6. The van der Waals surface area contributed by atoms with Crippen LogP contribution in [-0.4, -0.2) is 41.0 Å². The number of aliphatic imine (C=N–C) groups is 1. The van der Waals surface area contributed by atoms with Crippen molar-refractivity contribution < 1.29 is 4.74 Å². The number of ether oxygens (including phenoxy) is 1. The van der Waals surface area contributed by atoms with Gasteiger partial charge in [0.2, 0.25) is 0 Å². The minimum atomic E-state index is 0.354. The van der Waals surface area contributed by atoms with Crippen LogP contribution in [0.1, 0.15) is 36.5 Å². The summed E-state index contributed by atoms with van der Waals surface area (Å²) < 4.78 is 7.25. The van der Waals surface area contributed by atoms with Crippen LogP contribution in [0.25, 0.3) is 0 Å². The Morgan fingerprint density at radius 3 is 2.63 bits per heavy atom. The lowest BCUT2D eigenvalue weighted by Crippen LogP contribution is -2.40. The van der Waals surface area contributed by atoms with E-state index in [0.29, 0.717) is 18.5 Å². The molecule has 7 heteroatoms. The lowest BCUT2D eigenvalue weighted by Gasteiger charge is -2.18. The average molecular weight is 371 g/mol. The Morgan fingerprint density at radius 1 is 1.22 bits per heavy atom. The van der Waals surface area contributed by atoms with Gasteiger partial charge in [-0.3, -0.25) is 0 Å². The maximum atomic E-state index is 5.26. The van der Waals surface area contributed by atoms with Crippen molar-refractivity contribution in [3.63, 3.8) is 0 Å². The first kappa shape index (κ1) is 19.4. The van der Waals surface area contributed by atoms with E-state index in [4.69, 9.17) is 9.73 Å². The number of aryl methyl sites for hydroxylation is 1. The summed E-state index contributed by atoms with van der Waals surface area (Å²) in [5, 5.41) is 15.3. The Kier molecular flexibility index (Phi) is 6.45. The molecule has 1 heterocycles. The Hall–Kier alpha value is -2.41. The van der Waals surface area contributed by atoms with Gasteiger partial charge in [0.05, 0.1) is 13.1 Å². The van der Waals surface area contributed by atoms with Crippen molar-refractivity contribution >= 4 is 5.96 Å². The van der Waals surface area contributed by atoms with Crippen molar-refractivity contribution in [2.24, 2.45) is 17.5 Å². The van der Waals surface area contributed by atoms with Gasteiger partial charge in [-0.2, -0.15) is 0 Å². The number of methoxy groups -OCH3 is 1. The number of rotatable bonds is 9. The van der Waals surface area contributed by atoms with Crippen LogP contribution in [0.5, 0.6) is 0 Å². The quantitative estimate of drug-likeness (QED) is 0.523. The number of aromatic nitrogens is 3. The third-order valence-electron chi connectivity index (χ3n) is 5.28. The van der Waals surface area contributed by atoms with Crippen LogP contribution < -0.4 is 10.6 Å². The first-order chi connectivity index (χ1) is 13.1. The second-order valence-corrected chi connectivity index (χ2v) is 7.32. The Labute approximate surface area is 161 Å². The lowest BCUT2D eigenvalue weighted by molar-refractivity contribution is 0.172. The van der Waals surface area contributed by atoms with E-state index < -0.39 is 0 Å². The van der Waals surface area contributed by atoms with Gasteiger partial charge in [-0.05, 0) is 37.2 Å². The molecule has 146 valence electrons. The zero-order valence-corrected chi connectivity index (χ0v) is 16.5. The summed E-state index contributed by atoms with van der Waals surface area (Å²) in [6.07, 6.45) is 3.58. The number of nitrogens with zero attached hydrogens (tertiary/aromatic N) is 4. The third-order valence-corrected chi connectivity index (χ3v) is 5.28. The molecule has 0 bridgehead atoms. The molecule has 1 aromatic heterocycles. The van der Waals surface area contributed by atoms with Crippen LogP contribution >= 0.6 is 0 Å². The highest BCUT2D eigenvalue weighted by Crippen LogP contribution is 2.48. The van der Waals surface area contributed by atoms with E-state index in [1.807, 2.05) is 36.7 Å². The van der Waals surface area contributed by atoms with Gasteiger partial charge in [0, 0.05) is 27.3 Å². The molecule has 0 atom stereocenters. The Bertz CT molecular complexity index is 751. The van der Waals surface area contributed by atoms with Crippen LogP contribution in [-0.2, 0) is 24.9 Å². The first-order valence-electron chi connectivity index (χ1n) is 9.52. The minimum absolute atomic E-state index is 0.354. The Balaban J connectivity index is 1.61. The summed E-state index contributed by atoms with van der Waals surface area (Å²) >= 11 is 0. The SMILES string of the molecule is COCCC1(CNC(=NCc2ccccc2)NCc2nnc(C)n2C)CC1. The first-order valence-corrected chi connectivity index (χ1v) is 9.52. The molecule has 0 aliphatic heterocycles. The zero-order chi connectivity index (χ0) is 19.1. The van der Waals surface area contributed by atoms with Crippen molar-refractivity contribution in [2.45, 2.75) is 39.3 Å². The topological polar surface area (TPSA) is 76.4 Å². The second kappa shape index (κ2) is 8.99. The van der Waals surface area contributed by atoms with E-state index in [1.165, 1.54) is 18.4 Å². The highest BCUT2D eigenvalue weighted by atomic mass is 16.5. The molecule has 3 rings (SSSR count). The molecule has 1 fully saturated rings. The maximum Gasteiger partial charge on any atom is 0.191 e. The molecule has 27 heavy (non-hydrogen) atoms. The van der Waals surface area contributed by atoms with Crippen molar-refractivity contribution in [3.05, 3.63) is 47.5 Å². The highest BCUT2D eigenvalue weighted by molar-refractivity contribution is 5.79. The number of hydrogen-bond acceptors (Lipinski definition) is 4. The van der Waals surface area contributed by atoms with Crippen LogP contribution in [0.4, 0.5) is 0 Å². The molecular weight excluding hydrogens is 340 g/mol. The van der Waals surface area contributed by atoms with Crippen LogP contribution in [0, 0.1) is 12.3 Å². The molecule has 2 aromatic rings. The second-order valence-electron chi connectivity index (χ2n) is 7.32. The van der Waals surface area contributed by atoms with Gasteiger partial charge < -0.3 is 19.9 Å². The van der Waals surface area contributed by atoms with Gasteiger partial charge in [-0.15, -0.1) is 10.2 Å². The summed E-state index contributed by atoms with van der Waals surface area (Å²) in [7, 11) is 3.74. The predicted molar refractivity (Wildman–Crippen MR) is 106 cm³/mol. The van der Waals surface area contributed by atoms with Crippen molar-refractivity contribution in [2.75, 3.05) is 20.3 Å². The molecule has 2 N–H and O–H groups in total. The molecule has 0 amide bonds. The van der Waals surface area contributed by atoms with E-state index in [-0.39, 0.29) is 0 Å². The summed E-state index contributed by atoms with van der Waals surface area (Å²) in [5.74, 6) is 2.60. The van der Waals surface area contributed by atoms with E-state index in [0.717, 1.165) is 37.2 Å². The molecular formula is C20H30N6O. The average Bonchev–Trinajstić information content (AvgIpc) is 3.40. The molecule has 1 aromatic carbocycles. The number of hydrogen-bond donors (Lipinski definition) is 2. The summed E-state index contributed by atoms with van der Waals surface area (Å²) in [6, 6.07) is 10.3. The third kappa shape index (κ3) is 5.53. The van der Waals surface area contributed by atoms with Gasteiger partial charge in [-0.25, -0.2) is 4.99 Å². The molecule has 0 unspecified atom stereocenters. The van der Waals surface area contributed by atoms with Crippen LogP contribution in [0.3, 0.4) is 0 Å². The van der Waals surface area contributed by atoms with Crippen molar-refractivity contribution in [1.82, 2.24) is 25.4 Å². The highest BCUT2D eigenvalue weighted by Gasteiger charge is 2.41. The van der Waals surface area contributed by atoms with Crippen molar-refractivity contribution in [1.29, 1.82) is 0 Å². The standard InChI is InChI=1S/C20H30N6O/c1-16-24-25-18(26(16)2)14-22-19(21-13-17-7-5-4-6-8-17)23-15-20(9-10-20)11-12-27-3/h4-8H,9-15H2,1-3H3,(H2,21,22,23). The largest absolute Gasteiger partial charge is 0.385 e. The van der Waals surface area contributed by atoms with Crippen LogP contribution in [0.2, 0.25) is 0 Å². The molecule has 0 spiro atoms. The maximum absolute atomic E-state index is 5.26. The zero-order valence-electron chi connectivity index (χ0n) is 16.5. The molecule has 0 saturated heterocycles. The van der Waals surface area contributed by atoms with Gasteiger partial charge in [-0.1, -0.05) is 30.3 Å². The number of benzene rings is 1. The van der Waals surface area contributed by atoms with Crippen LogP contribution in [0.15, 0.2) is 35.3 Å². The minimum Gasteiger partial charge on any atom is -0.385 e. The fourth-order valence-electron chi connectivity index (χ4n) is 2.98. The van der Waals surface area contributed by atoms with E-state index in [9.17, 15) is 0 Å². The Morgan fingerprint density at radius 2 is 2.00 bits per heavy atom. The van der Waals surface area contributed by atoms with E-state index in [2.05, 4.69) is 33.0 Å². The number of guanidine groups is 1. The van der Waals surface area contributed by atoms with Gasteiger partial charge in [0.1, 0.15) is 5.82 Å². The summed E-state index contributed by atoms with van der Waals surface area (Å²) in [4.78, 5) is 4.76. The summed E-state index contributed by atoms with van der Waals surface area (Å²) in [6.45, 7) is 4.90. The van der Waals surface area contributed by atoms with Gasteiger partial charge >= 0.3 is 0 Å². The lowest BCUT2D eigenvalue weighted by atomic mass is 10.0. The van der Waals surface area contributed by atoms with Gasteiger partial charge in [0.15, 0.2) is 11.8 Å². The molecule has 7 nitrogen and oxygen atoms in total. The molecule has 1 aliphatic rings. The fourth-order valence-corrected chi connectivity index (χ4v) is 2.98. The monoisotopic (exact) mass is 370 g/mol. The van der Waals surface area contributed by atoms with E-state index >= 15 is 0 Å². The molecule has 0 radical (unpaired) electrons. The van der Waals surface area contributed by atoms with E-state index in [1.54, 1.807) is 7.11 Å². The van der Waals surface area contributed by atoms with Crippen molar-refractivity contribution in [3.8, 4) is 0 Å². The van der Waals surface area contributed by atoms with Gasteiger partial charge in [0.25, 0.3) is 0 Å². The molecule has 1 saturated carbocycles. The molecule has 1 aliphatic carbocycles. The predicted octanol–water partition coefficient (Wildman–Crippen LogP) is 2.18. The smallest absolute Gasteiger partial charge is 0.191 e. The summed E-state index contributed by atoms with van der Waals surface area (Å²) in [5.41, 5.74) is 1.54. The number of nitrogens with one attached hydrogen (secondary N) is 2.